The van der Waals surface area contributed by atoms with Crippen molar-refractivity contribution in [1.82, 2.24) is 0 Å². The molecule has 1 atom stereocenters. The van der Waals surface area contributed by atoms with Crippen LogP contribution in [0.2, 0.25) is 0 Å². The Morgan fingerprint density at radius 3 is 2.45 bits per heavy atom. The molecule has 1 nitrogen and oxygen atoms in total. The fraction of sp³-hybridized carbons (Fsp3) is 0.600. The predicted molar refractivity (Wildman–Crippen MR) is 71.1 cm³/mol. The number of nitrogens with one attached hydrogen (secondary N) is 1. The van der Waals surface area contributed by atoms with Crippen molar-refractivity contribution in [2.45, 2.75) is 51.7 Å². The molecule has 0 radical (unpaired) electrons. The quantitative estimate of drug-likeness (QED) is 0.735. The number of rotatable bonds is 2. The fourth-order valence-corrected chi connectivity index (χ4v) is 2.76. The van der Waals surface area contributed by atoms with E-state index in [0.717, 1.165) is 31.7 Å². The second kappa shape index (κ2) is 5.26. The van der Waals surface area contributed by atoms with Crippen molar-refractivity contribution in [1.29, 1.82) is 0 Å². The van der Waals surface area contributed by atoms with Gasteiger partial charge in [-0.15, -0.1) is 0 Å². The van der Waals surface area contributed by atoms with E-state index in [4.69, 9.17) is 0 Å². The maximum absolute atomic E-state index is 13.8. The molecule has 112 valence electrons. The highest BCUT2D eigenvalue weighted by atomic mass is 19.4. The van der Waals surface area contributed by atoms with Gasteiger partial charge in [0.25, 0.3) is 0 Å². The number of benzene rings is 1. The smallest absolute Gasteiger partial charge is 0.379 e. The van der Waals surface area contributed by atoms with Crippen LogP contribution < -0.4 is 5.32 Å². The lowest BCUT2D eigenvalue weighted by molar-refractivity contribution is -0.137. The van der Waals surface area contributed by atoms with E-state index >= 15 is 0 Å². The van der Waals surface area contributed by atoms with E-state index in [1.54, 1.807) is 0 Å². The molecule has 1 aliphatic carbocycles. The molecule has 2 rings (SSSR count). The van der Waals surface area contributed by atoms with Gasteiger partial charge in [0.1, 0.15) is 5.82 Å². The van der Waals surface area contributed by atoms with E-state index in [9.17, 15) is 17.6 Å². The monoisotopic (exact) mass is 289 g/mol. The number of anilines is 1. The molecule has 1 aromatic carbocycles. The summed E-state index contributed by atoms with van der Waals surface area (Å²) in [7, 11) is 0. The van der Waals surface area contributed by atoms with Gasteiger partial charge < -0.3 is 5.32 Å². The summed E-state index contributed by atoms with van der Waals surface area (Å²) in [5.41, 5.74) is -0.783. The Kier molecular flexibility index (Phi) is 3.98. The zero-order valence-electron chi connectivity index (χ0n) is 11.6. The van der Waals surface area contributed by atoms with Crippen LogP contribution in [0.4, 0.5) is 23.2 Å². The molecule has 20 heavy (non-hydrogen) atoms. The molecular formula is C15H19F4N. The van der Waals surface area contributed by atoms with Crippen molar-refractivity contribution in [2.24, 2.45) is 5.41 Å². The van der Waals surface area contributed by atoms with Crippen LogP contribution in [0.5, 0.6) is 0 Å². The van der Waals surface area contributed by atoms with Gasteiger partial charge in [-0.2, -0.15) is 13.2 Å². The van der Waals surface area contributed by atoms with E-state index < -0.39 is 17.6 Å². The summed E-state index contributed by atoms with van der Waals surface area (Å²) in [6.07, 6.45) is -0.367. The van der Waals surface area contributed by atoms with E-state index in [1.807, 2.05) is 0 Å². The Bertz CT molecular complexity index is 479. The summed E-state index contributed by atoms with van der Waals surface area (Å²) in [6.45, 7) is 4.21. The molecule has 1 fully saturated rings. The molecule has 1 unspecified atom stereocenters. The van der Waals surface area contributed by atoms with Crippen molar-refractivity contribution >= 4 is 5.69 Å². The fourth-order valence-electron chi connectivity index (χ4n) is 2.76. The van der Waals surface area contributed by atoms with Gasteiger partial charge in [-0.1, -0.05) is 26.7 Å². The molecule has 0 aromatic heterocycles. The highest BCUT2D eigenvalue weighted by Crippen LogP contribution is 2.38. The van der Waals surface area contributed by atoms with E-state index in [0.29, 0.717) is 6.07 Å². The Morgan fingerprint density at radius 1 is 1.20 bits per heavy atom. The Balaban J connectivity index is 2.18. The highest BCUT2D eigenvalue weighted by molar-refractivity contribution is 5.48. The van der Waals surface area contributed by atoms with Crippen LogP contribution in [-0.4, -0.2) is 6.04 Å². The molecule has 5 heteroatoms. The van der Waals surface area contributed by atoms with Gasteiger partial charge in [0.2, 0.25) is 0 Å². The maximum Gasteiger partial charge on any atom is 0.416 e. The number of halogens is 4. The number of hydrogen-bond donors (Lipinski definition) is 1. The van der Waals surface area contributed by atoms with Gasteiger partial charge in [0.05, 0.1) is 11.3 Å². The first kappa shape index (κ1) is 15.1. The molecule has 1 saturated carbocycles. The van der Waals surface area contributed by atoms with Gasteiger partial charge >= 0.3 is 6.18 Å². The molecule has 0 bridgehead atoms. The van der Waals surface area contributed by atoms with Crippen LogP contribution in [0.1, 0.15) is 45.1 Å². The third kappa shape index (κ3) is 3.25. The van der Waals surface area contributed by atoms with Gasteiger partial charge in [-0.05, 0) is 36.5 Å². The second-order valence-electron chi connectivity index (χ2n) is 6.12. The van der Waals surface area contributed by atoms with Crippen LogP contribution >= 0.6 is 0 Å². The van der Waals surface area contributed by atoms with E-state index in [2.05, 4.69) is 19.2 Å². The molecule has 0 saturated heterocycles. The molecule has 0 heterocycles. The summed E-state index contributed by atoms with van der Waals surface area (Å²) >= 11 is 0. The minimum absolute atomic E-state index is 0.0212. The Morgan fingerprint density at radius 2 is 1.90 bits per heavy atom. The lowest BCUT2D eigenvalue weighted by Crippen LogP contribution is -2.39. The predicted octanol–water partition coefficient (Wildman–Crippen LogP) is 5.23. The Hall–Kier alpha value is -1.26. The largest absolute Gasteiger partial charge is 0.416 e. The average Bonchev–Trinajstić information content (AvgIpc) is 2.32. The zero-order chi connectivity index (χ0) is 15.0. The summed E-state index contributed by atoms with van der Waals surface area (Å²) in [4.78, 5) is 0. The van der Waals surface area contributed by atoms with Crippen molar-refractivity contribution in [2.75, 3.05) is 5.32 Å². The minimum Gasteiger partial charge on any atom is -0.379 e. The average molecular weight is 289 g/mol. The normalized spacial score (nSPS) is 22.6. The van der Waals surface area contributed by atoms with Crippen LogP contribution in [0.15, 0.2) is 18.2 Å². The molecule has 0 amide bonds. The lowest BCUT2D eigenvalue weighted by Gasteiger charge is -2.39. The molecule has 1 N–H and O–H groups in total. The van der Waals surface area contributed by atoms with Crippen molar-refractivity contribution in [3.8, 4) is 0 Å². The first-order chi connectivity index (χ1) is 9.20. The topological polar surface area (TPSA) is 12.0 Å². The minimum atomic E-state index is -4.51. The summed E-state index contributed by atoms with van der Waals surface area (Å²) < 4.78 is 51.3. The molecule has 0 spiro atoms. The Labute approximate surface area is 116 Å². The van der Waals surface area contributed by atoms with Crippen molar-refractivity contribution in [3.05, 3.63) is 29.6 Å². The van der Waals surface area contributed by atoms with Crippen LogP contribution in [0.25, 0.3) is 0 Å². The maximum atomic E-state index is 13.8. The van der Waals surface area contributed by atoms with Crippen molar-refractivity contribution < 1.29 is 17.6 Å². The summed E-state index contributed by atoms with van der Waals surface area (Å²) in [5, 5.41) is 3.08. The third-order valence-corrected chi connectivity index (χ3v) is 4.13. The van der Waals surface area contributed by atoms with E-state index in [1.165, 1.54) is 6.07 Å². The first-order valence-electron chi connectivity index (χ1n) is 6.83. The van der Waals surface area contributed by atoms with Gasteiger partial charge in [0, 0.05) is 6.04 Å². The molecule has 0 aliphatic heterocycles. The summed E-state index contributed by atoms with van der Waals surface area (Å²) in [6, 6.07) is 2.74. The summed E-state index contributed by atoms with van der Waals surface area (Å²) in [5.74, 6) is -0.846. The number of hydrogen-bond acceptors (Lipinski definition) is 1. The molecule has 1 aliphatic rings. The standard InChI is InChI=1S/C15H19F4N/c1-14(2)8-4-3-5-13(14)20-12-7-6-10(9-11(12)16)15(17,18)19/h6-7,9,13,20H,3-5,8H2,1-2H3. The molecular weight excluding hydrogens is 270 g/mol. The first-order valence-corrected chi connectivity index (χ1v) is 6.83. The highest BCUT2D eigenvalue weighted by Gasteiger charge is 2.34. The third-order valence-electron chi connectivity index (χ3n) is 4.13. The van der Waals surface area contributed by atoms with Crippen LogP contribution in [0, 0.1) is 11.2 Å². The van der Waals surface area contributed by atoms with Crippen LogP contribution in [-0.2, 0) is 6.18 Å². The van der Waals surface area contributed by atoms with Crippen LogP contribution in [0.3, 0.4) is 0 Å². The second-order valence-corrected chi connectivity index (χ2v) is 6.12. The van der Waals surface area contributed by atoms with Gasteiger partial charge in [-0.3, -0.25) is 0 Å². The SMILES string of the molecule is CC1(C)CCCCC1Nc1ccc(C(F)(F)F)cc1F. The lowest BCUT2D eigenvalue weighted by atomic mass is 9.73. The molecule has 1 aromatic rings. The van der Waals surface area contributed by atoms with Gasteiger partial charge in [-0.25, -0.2) is 4.39 Å². The number of alkyl halides is 3. The van der Waals surface area contributed by atoms with Crippen molar-refractivity contribution in [3.63, 3.8) is 0 Å². The van der Waals surface area contributed by atoms with Gasteiger partial charge in [0.15, 0.2) is 0 Å². The zero-order valence-corrected chi connectivity index (χ0v) is 11.6. The van der Waals surface area contributed by atoms with E-state index in [-0.39, 0.29) is 17.1 Å².